The Morgan fingerprint density at radius 2 is 1.79 bits per heavy atom. The van der Waals surface area contributed by atoms with E-state index >= 15 is 0 Å². The third-order valence-electron chi connectivity index (χ3n) is 6.12. The van der Waals surface area contributed by atoms with Gasteiger partial charge in [-0.2, -0.15) is 32.4 Å². The molecule has 0 aliphatic rings. The molecule has 4 rings (SSSR count). The zero-order valence-corrected chi connectivity index (χ0v) is 24.5. The van der Waals surface area contributed by atoms with Gasteiger partial charge in [-0.25, -0.2) is 14.7 Å². The maximum Gasteiger partial charge on any atom is 0.335 e. The van der Waals surface area contributed by atoms with Crippen LogP contribution in [0.5, 0.6) is 0 Å². The SMILES string of the molecule is COCC(c1ccc(Cl)c(-c2ncnn2C(F)F)c1)N(C(=O)c1ccc(-c2cnn(C(F)F)c2)cc1)/C(N)=N\C(C)(C)Cl. The van der Waals surface area contributed by atoms with Crippen molar-refractivity contribution in [2.24, 2.45) is 10.7 Å². The van der Waals surface area contributed by atoms with Crippen LogP contribution >= 0.6 is 23.2 Å². The van der Waals surface area contributed by atoms with Crippen molar-refractivity contribution in [3.05, 3.63) is 77.3 Å². The monoisotopic (exact) mass is 640 g/mol. The molecule has 0 bridgehead atoms. The molecule has 43 heavy (non-hydrogen) atoms. The Hall–Kier alpha value is -4.01. The predicted octanol–water partition coefficient (Wildman–Crippen LogP) is 6.37. The molecule has 228 valence electrons. The van der Waals surface area contributed by atoms with E-state index in [4.69, 9.17) is 33.7 Å². The van der Waals surface area contributed by atoms with Crippen LogP contribution in [0.4, 0.5) is 17.6 Å². The molecule has 4 aromatic rings. The van der Waals surface area contributed by atoms with Gasteiger partial charge < -0.3 is 10.5 Å². The predicted molar refractivity (Wildman–Crippen MR) is 153 cm³/mol. The second kappa shape index (κ2) is 13.1. The van der Waals surface area contributed by atoms with E-state index in [1.165, 1.54) is 48.7 Å². The summed E-state index contributed by atoms with van der Waals surface area (Å²) in [5, 5.41) is 7.31. The topological polar surface area (TPSA) is 116 Å². The number of rotatable bonds is 10. The largest absolute Gasteiger partial charge is 0.382 e. The minimum absolute atomic E-state index is 0.0990. The molecule has 0 spiro atoms. The standard InChI is InChI=1S/C27H26Cl2F4N8O2/c1-27(2,29)38-26(34)40(23(42)16-6-4-15(5-7-16)18-11-36-39(12-18)24(30)31)21(13-43-3)17-8-9-20(28)19(10-17)22-35-14-37-41(22)25(32)33/h4-12,14,21,24-25H,13H2,1-3H3,(H2,34,38). The number of nitrogens with zero attached hydrogens (tertiary/aromatic N) is 7. The second-order valence-corrected chi connectivity index (χ2v) is 11.0. The fourth-order valence-corrected chi connectivity index (χ4v) is 4.54. The zero-order chi connectivity index (χ0) is 31.5. The molecular weight excluding hydrogens is 615 g/mol. The van der Waals surface area contributed by atoms with Gasteiger partial charge in [0.2, 0.25) is 5.96 Å². The Morgan fingerprint density at radius 1 is 1.09 bits per heavy atom. The zero-order valence-electron chi connectivity index (χ0n) is 23.0. The maximum absolute atomic E-state index is 14.0. The molecule has 2 heterocycles. The van der Waals surface area contributed by atoms with Crippen molar-refractivity contribution in [2.75, 3.05) is 13.7 Å². The third-order valence-corrected chi connectivity index (χ3v) is 6.54. The molecule has 1 atom stereocenters. The van der Waals surface area contributed by atoms with Gasteiger partial charge in [-0.1, -0.05) is 41.4 Å². The van der Waals surface area contributed by atoms with Crippen molar-refractivity contribution >= 4 is 35.1 Å². The first kappa shape index (κ1) is 31.9. The molecule has 2 aromatic carbocycles. The van der Waals surface area contributed by atoms with Crippen LogP contribution in [0.3, 0.4) is 0 Å². The Balaban J connectivity index is 1.79. The summed E-state index contributed by atoms with van der Waals surface area (Å²) in [6, 6.07) is 9.72. The molecule has 0 aliphatic heterocycles. The average Bonchev–Trinajstić information content (AvgIpc) is 3.63. The van der Waals surface area contributed by atoms with Crippen LogP contribution in [0.1, 0.15) is 48.9 Å². The van der Waals surface area contributed by atoms with Crippen molar-refractivity contribution in [1.29, 1.82) is 0 Å². The number of alkyl halides is 5. The summed E-state index contributed by atoms with van der Waals surface area (Å²) >= 11 is 12.7. The summed E-state index contributed by atoms with van der Waals surface area (Å²) in [5.41, 5.74) is 8.03. The Morgan fingerprint density at radius 3 is 2.37 bits per heavy atom. The number of carbonyl (C=O) groups is 1. The van der Waals surface area contributed by atoms with Crippen LogP contribution in [0.25, 0.3) is 22.5 Å². The lowest BCUT2D eigenvalue weighted by Gasteiger charge is -2.32. The molecule has 16 heteroatoms. The van der Waals surface area contributed by atoms with Crippen molar-refractivity contribution in [1.82, 2.24) is 29.4 Å². The van der Waals surface area contributed by atoms with Gasteiger partial charge in [0.05, 0.1) is 23.9 Å². The molecule has 1 amide bonds. The summed E-state index contributed by atoms with van der Waals surface area (Å²) < 4.78 is 59.5. The van der Waals surface area contributed by atoms with Crippen LogP contribution in [0, 0.1) is 0 Å². The van der Waals surface area contributed by atoms with Gasteiger partial charge in [-0.15, -0.1) is 0 Å². The number of hydrogen-bond acceptors (Lipinski definition) is 6. The van der Waals surface area contributed by atoms with E-state index in [1.807, 2.05) is 0 Å². The van der Waals surface area contributed by atoms with Crippen LogP contribution in [0.2, 0.25) is 5.02 Å². The molecule has 0 fully saturated rings. The van der Waals surface area contributed by atoms with Gasteiger partial charge in [0.15, 0.2) is 5.82 Å². The molecule has 1 unspecified atom stereocenters. The van der Waals surface area contributed by atoms with Crippen LogP contribution in [0.15, 0.2) is 66.2 Å². The minimum Gasteiger partial charge on any atom is -0.382 e. The van der Waals surface area contributed by atoms with E-state index in [0.717, 1.165) is 6.33 Å². The van der Waals surface area contributed by atoms with Gasteiger partial charge >= 0.3 is 13.1 Å². The lowest BCUT2D eigenvalue weighted by molar-refractivity contribution is 0.0565. The molecule has 0 aliphatic carbocycles. The number of aromatic nitrogens is 5. The van der Waals surface area contributed by atoms with Crippen molar-refractivity contribution < 1.29 is 27.1 Å². The first-order chi connectivity index (χ1) is 20.3. The number of halogens is 6. The summed E-state index contributed by atoms with van der Waals surface area (Å²) in [6.45, 7) is -2.73. The first-order valence-electron chi connectivity index (χ1n) is 12.6. The highest BCUT2D eigenvalue weighted by Gasteiger charge is 2.32. The fourth-order valence-electron chi connectivity index (χ4n) is 4.25. The van der Waals surface area contributed by atoms with Gasteiger partial charge in [0.1, 0.15) is 11.3 Å². The number of nitrogens with two attached hydrogens (primary N) is 1. The number of amides is 1. The van der Waals surface area contributed by atoms with Crippen molar-refractivity contribution in [3.8, 4) is 22.5 Å². The summed E-state index contributed by atoms with van der Waals surface area (Å²) in [6.07, 6.45) is 3.44. The lowest BCUT2D eigenvalue weighted by Crippen LogP contribution is -2.46. The van der Waals surface area contributed by atoms with E-state index in [2.05, 4.69) is 20.2 Å². The number of methoxy groups -OCH3 is 1. The van der Waals surface area contributed by atoms with Gasteiger partial charge in [0.25, 0.3) is 5.91 Å². The highest BCUT2D eigenvalue weighted by Crippen LogP contribution is 2.34. The Labute approximate surface area is 253 Å². The Kier molecular flexibility index (Phi) is 9.72. The molecule has 0 saturated heterocycles. The third kappa shape index (κ3) is 7.32. The van der Waals surface area contributed by atoms with Gasteiger partial charge in [-0.05, 0) is 49.2 Å². The number of carbonyl (C=O) groups excluding carboxylic acids is 1. The normalized spacial score (nSPS) is 13.1. The quantitative estimate of drug-likeness (QED) is 0.0708. The summed E-state index contributed by atoms with van der Waals surface area (Å²) in [5.74, 6) is -1.04. The van der Waals surface area contributed by atoms with Crippen LogP contribution < -0.4 is 5.73 Å². The average molecular weight is 641 g/mol. The lowest BCUT2D eigenvalue weighted by atomic mass is 10.0. The van der Waals surface area contributed by atoms with E-state index < -0.39 is 30.0 Å². The number of benzene rings is 2. The van der Waals surface area contributed by atoms with E-state index in [9.17, 15) is 22.4 Å². The van der Waals surface area contributed by atoms with Gasteiger partial charge in [0, 0.05) is 30.0 Å². The fraction of sp³-hybridized carbons (Fsp3) is 0.296. The van der Waals surface area contributed by atoms with Gasteiger partial charge in [-0.3, -0.25) is 9.69 Å². The summed E-state index contributed by atoms with van der Waals surface area (Å²) in [7, 11) is 1.41. The van der Waals surface area contributed by atoms with E-state index in [1.54, 1.807) is 32.0 Å². The van der Waals surface area contributed by atoms with E-state index in [-0.39, 0.29) is 34.5 Å². The number of hydrogen-bond donors (Lipinski definition) is 1. The smallest absolute Gasteiger partial charge is 0.335 e. The second-order valence-electron chi connectivity index (χ2n) is 9.64. The Bertz CT molecular complexity index is 1600. The molecule has 2 aromatic heterocycles. The summed E-state index contributed by atoms with van der Waals surface area (Å²) in [4.78, 5) is 22.2. The number of guanidine groups is 1. The molecule has 0 saturated carbocycles. The molecule has 2 N–H and O–H groups in total. The maximum atomic E-state index is 14.0. The van der Waals surface area contributed by atoms with Crippen molar-refractivity contribution in [2.45, 2.75) is 38.0 Å². The molecule has 10 nitrogen and oxygen atoms in total. The van der Waals surface area contributed by atoms with E-state index in [0.29, 0.717) is 26.1 Å². The molecule has 0 radical (unpaired) electrons. The van der Waals surface area contributed by atoms with Crippen molar-refractivity contribution in [3.63, 3.8) is 0 Å². The highest BCUT2D eigenvalue weighted by atomic mass is 35.5. The first-order valence-corrected chi connectivity index (χ1v) is 13.3. The highest BCUT2D eigenvalue weighted by molar-refractivity contribution is 6.33. The van der Waals surface area contributed by atoms with Crippen LogP contribution in [-0.4, -0.2) is 60.0 Å². The number of ether oxygens (including phenoxy) is 1. The minimum atomic E-state index is -2.98. The number of aliphatic imine (C=N–C) groups is 1. The van der Waals surface area contributed by atoms with Crippen LogP contribution in [-0.2, 0) is 4.74 Å². The molecular formula is C27H26Cl2F4N8O2.